The van der Waals surface area contributed by atoms with Gasteiger partial charge in [0.05, 0.1) is 17.8 Å². The van der Waals surface area contributed by atoms with Crippen LogP contribution in [0.2, 0.25) is 0 Å². The SMILES string of the molecule is C[C@H](CCCC(C)(C)O)[C@H]1CC[C@H]2[C@@H]3[C@H](O)C=C4C[C@@H](O)CC[C@]4(C)[C@H]3CC[C@]12C. The maximum atomic E-state index is 11.3. The Bertz CT molecular complexity index is 664. The molecule has 0 spiro atoms. The summed E-state index contributed by atoms with van der Waals surface area (Å²) in [5.41, 5.74) is 1.31. The molecule has 3 nitrogen and oxygen atoms in total. The minimum Gasteiger partial charge on any atom is -0.393 e. The minimum absolute atomic E-state index is 0.181. The Morgan fingerprint density at radius 3 is 2.50 bits per heavy atom. The van der Waals surface area contributed by atoms with E-state index in [-0.39, 0.29) is 17.6 Å². The van der Waals surface area contributed by atoms with E-state index in [2.05, 4.69) is 26.8 Å². The van der Waals surface area contributed by atoms with Gasteiger partial charge in [0.1, 0.15) is 0 Å². The van der Waals surface area contributed by atoms with Crippen molar-refractivity contribution < 1.29 is 15.3 Å². The molecule has 0 aromatic carbocycles. The third kappa shape index (κ3) is 3.82. The normalized spacial score (nSPS) is 47.1. The van der Waals surface area contributed by atoms with E-state index in [0.717, 1.165) is 38.0 Å². The van der Waals surface area contributed by atoms with Gasteiger partial charge in [0.25, 0.3) is 0 Å². The van der Waals surface area contributed by atoms with Crippen molar-refractivity contribution in [2.45, 2.75) is 117 Å². The molecule has 4 aliphatic carbocycles. The molecule has 0 aromatic heterocycles. The highest BCUT2D eigenvalue weighted by Gasteiger charge is 2.61. The first-order valence-electron chi connectivity index (χ1n) is 12.8. The highest BCUT2D eigenvalue weighted by atomic mass is 16.3. The third-order valence-corrected chi connectivity index (χ3v) is 10.3. The van der Waals surface area contributed by atoms with Gasteiger partial charge < -0.3 is 15.3 Å². The Balaban J connectivity index is 1.52. The van der Waals surface area contributed by atoms with Gasteiger partial charge in [-0.1, -0.05) is 45.3 Å². The van der Waals surface area contributed by atoms with Crippen molar-refractivity contribution in [3.05, 3.63) is 11.6 Å². The molecular formula is C27H46O3. The molecule has 0 bridgehead atoms. The van der Waals surface area contributed by atoms with Crippen molar-refractivity contribution in [2.24, 2.45) is 40.4 Å². The average Bonchev–Trinajstić information content (AvgIpc) is 2.99. The van der Waals surface area contributed by atoms with E-state index in [0.29, 0.717) is 29.1 Å². The van der Waals surface area contributed by atoms with E-state index in [9.17, 15) is 15.3 Å². The summed E-state index contributed by atoms with van der Waals surface area (Å²) < 4.78 is 0. The second kappa shape index (κ2) is 7.89. The molecule has 4 rings (SSSR count). The zero-order valence-corrected chi connectivity index (χ0v) is 20.0. The Hall–Kier alpha value is -0.380. The fourth-order valence-corrected chi connectivity index (χ4v) is 8.66. The molecule has 0 aromatic rings. The predicted octanol–water partition coefficient (Wildman–Crippen LogP) is 5.47. The monoisotopic (exact) mass is 418 g/mol. The standard InChI is InChI=1S/C27H46O3/c1-17(7-6-12-25(2,3)30)20-8-9-21-24-22(11-14-27(20,21)5)26(4)13-10-19(28)15-18(26)16-23(24)29/h16-17,19-24,28-30H,6-15H2,1-5H3/t17-,19+,20-,21+,22+,23-,24+,26+,27-/m1/s1. The molecule has 172 valence electrons. The summed E-state index contributed by atoms with van der Waals surface area (Å²) in [4.78, 5) is 0. The van der Waals surface area contributed by atoms with Crippen LogP contribution in [0.25, 0.3) is 0 Å². The Morgan fingerprint density at radius 1 is 1.07 bits per heavy atom. The number of fused-ring (bicyclic) bond motifs is 5. The van der Waals surface area contributed by atoms with Crippen molar-refractivity contribution in [3.63, 3.8) is 0 Å². The minimum atomic E-state index is -0.556. The van der Waals surface area contributed by atoms with Crippen LogP contribution >= 0.6 is 0 Å². The van der Waals surface area contributed by atoms with Crippen LogP contribution in [0.1, 0.15) is 98.8 Å². The van der Waals surface area contributed by atoms with Crippen LogP contribution in [0.5, 0.6) is 0 Å². The molecule has 0 radical (unpaired) electrons. The molecule has 3 heteroatoms. The lowest BCUT2D eigenvalue weighted by molar-refractivity contribution is -0.0971. The molecule has 9 atom stereocenters. The number of aliphatic hydroxyl groups excluding tert-OH is 2. The quantitative estimate of drug-likeness (QED) is 0.519. The Kier molecular flexibility index (Phi) is 5.99. The molecule has 30 heavy (non-hydrogen) atoms. The zero-order chi connectivity index (χ0) is 21.9. The Labute approximate surface area is 184 Å². The van der Waals surface area contributed by atoms with Gasteiger partial charge in [0, 0.05) is 0 Å². The number of aliphatic hydroxyl groups is 3. The summed E-state index contributed by atoms with van der Waals surface area (Å²) in [6, 6.07) is 0. The van der Waals surface area contributed by atoms with Gasteiger partial charge in [0.15, 0.2) is 0 Å². The first-order chi connectivity index (χ1) is 14.0. The van der Waals surface area contributed by atoms with Crippen LogP contribution in [-0.4, -0.2) is 33.1 Å². The van der Waals surface area contributed by atoms with Gasteiger partial charge in [-0.05, 0) is 106 Å². The molecular weight excluding hydrogens is 372 g/mol. The second-order valence-corrected chi connectivity index (χ2v) is 12.7. The predicted molar refractivity (Wildman–Crippen MR) is 122 cm³/mol. The number of hydrogen-bond acceptors (Lipinski definition) is 3. The molecule has 3 N–H and O–H groups in total. The van der Waals surface area contributed by atoms with Gasteiger partial charge in [0.2, 0.25) is 0 Å². The molecule has 3 saturated carbocycles. The van der Waals surface area contributed by atoms with Crippen LogP contribution in [0.4, 0.5) is 0 Å². The maximum absolute atomic E-state index is 11.3. The first kappa shape index (κ1) is 22.8. The number of hydrogen-bond donors (Lipinski definition) is 3. The lowest BCUT2D eigenvalue weighted by Gasteiger charge is -2.59. The lowest BCUT2D eigenvalue weighted by Crippen LogP contribution is -2.54. The van der Waals surface area contributed by atoms with Gasteiger partial charge in [-0.25, -0.2) is 0 Å². The molecule has 0 saturated heterocycles. The van der Waals surface area contributed by atoms with Crippen molar-refractivity contribution in [3.8, 4) is 0 Å². The fraction of sp³-hybridized carbons (Fsp3) is 0.926. The first-order valence-corrected chi connectivity index (χ1v) is 12.8. The van der Waals surface area contributed by atoms with Crippen molar-refractivity contribution in [1.29, 1.82) is 0 Å². The molecule has 4 aliphatic rings. The summed E-state index contributed by atoms with van der Waals surface area (Å²) >= 11 is 0. The Morgan fingerprint density at radius 2 is 1.80 bits per heavy atom. The van der Waals surface area contributed by atoms with E-state index in [1.807, 2.05) is 13.8 Å². The summed E-state index contributed by atoms with van der Waals surface area (Å²) in [6.07, 6.45) is 12.6. The van der Waals surface area contributed by atoms with Gasteiger partial charge in [-0.3, -0.25) is 0 Å². The van der Waals surface area contributed by atoms with Crippen LogP contribution in [0.15, 0.2) is 11.6 Å². The third-order valence-electron chi connectivity index (χ3n) is 10.3. The lowest BCUT2D eigenvalue weighted by atomic mass is 9.46. The molecule has 0 unspecified atom stereocenters. The van der Waals surface area contributed by atoms with Crippen molar-refractivity contribution >= 4 is 0 Å². The number of rotatable bonds is 5. The van der Waals surface area contributed by atoms with Gasteiger partial charge in [-0.15, -0.1) is 0 Å². The van der Waals surface area contributed by atoms with E-state index in [4.69, 9.17) is 0 Å². The van der Waals surface area contributed by atoms with Crippen molar-refractivity contribution in [2.75, 3.05) is 0 Å². The zero-order valence-electron chi connectivity index (χ0n) is 20.0. The van der Waals surface area contributed by atoms with Crippen molar-refractivity contribution in [1.82, 2.24) is 0 Å². The topological polar surface area (TPSA) is 60.7 Å². The second-order valence-electron chi connectivity index (χ2n) is 12.7. The van der Waals surface area contributed by atoms with E-state index >= 15 is 0 Å². The van der Waals surface area contributed by atoms with Crippen LogP contribution < -0.4 is 0 Å². The average molecular weight is 419 g/mol. The molecule has 3 fully saturated rings. The summed E-state index contributed by atoms with van der Waals surface area (Å²) in [5.74, 6) is 3.01. The largest absolute Gasteiger partial charge is 0.393 e. The van der Waals surface area contributed by atoms with Crippen LogP contribution in [-0.2, 0) is 0 Å². The molecule has 0 heterocycles. The summed E-state index contributed by atoms with van der Waals surface area (Å²) in [6.45, 7) is 11.2. The van der Waals surface area contributed by atoms with Gasteiger partial charge >= 0.3 is 0 Å². The highest BCUT2D eigenvalue weighted by Crippen LogP contribution is 2.67. The smallest absolute Gasteiger partial charge is 0.0757 e. The van der Waals surface area contributed by atoms with E-state index in [1.54, 1.807) is 0 Å². The van der Waals surface area contributed by atoms with Crippen LogP contribution in [0.3, 0.4) is 0 Å². The van der Waals surface area contributed by atoms with E-state index < -0.39 is 5.60 Å². The van der Waals surface area contributed by atoms with E-state index in [1.165, 1.54) is 37.7 Å². The molecule has 0 amide bonds. The summed E-state index contributed by atoms with van der Waals surface area (Å²) in [5, 5.41) is 31.6. The molecule has 0 aliphatic heterocycles. The highest BCUT2D eigenvalue weighted by molar-refractivity contribution is 5.27. The van der Waals surface area contributed by atoms with Gasteiger partial charge in [-0.2, -0.15) is 0 Å². The maximum Gasteiger partial charge on any atom is 0.0757 e. The van der Waals surface area contributed by atoms with Crippen LogP contribution in [0, 0.1) is 40.4 Å². The fourth-order valence-electron chi connectivity index (χ4n) is 8.66. The summed E-state index contributed by atoms with van der Waals surface area (Å²) in [7, 11) is 0.